The molecular formula is C15H13ClN4O2. The number of furan rings is 1. The number of imidazole rings is 1. The molecule has 112 valence electrons. The SMILES string of the molecule is Cc1cc(C(=O)N/N=C\c2c(Cl)nc3ccccn23)c(C)o1. The van der Waals surface area contributed by atoms with Crippen molar-refractivity contribution in [3.63, 3.8) is 0 Å². The number of nitrogens with zero attached hydrogens (tertiary/aromatic N) is 3. The Morgan fingerprint density at radius 3 is 3.00 bits per heavy atom. The number of halogens is 1. The summed E-state index contributed by atoms with van der Waals surface area (Å²) >= 11 is 6.08. The number of pyridine rings is 1. The number of fused-ring (bicyclic) bond motifs is 1. The lowest BCUT2D eigenvalue weighted by molar-refractivity contribution is 0.0953. The van der Waals surface area contributed by atoms with Crippen molar-refractivity contribution in [3.8, 4) is 0 Å². The predicted molar refractivity (Wildman–Crippen MR) is 83.4 cm³/mol. The molecule has 0 aliphatic rings. The lowest BCUT2D eigenvalue weighted by Gasteiger charge is -1.98. The first kappa shape index (κ1) is 14.3. The second kappa shape index (κ2) is 5.65. The summed E-state index contributed by atoms with van der Waals surface area (Å²) in [5, 5.41) is 4.26. The lowest BCUT2D eigenvalue weighted by Crippen LogP contribution is -2.18. The first-order chi connectivity index (χ1) is 10.6. The molecule has 3 aromatic heterocycles. The Kier molecular flexibility index (Phi) is 3.68. The second-order valence-electron chi connectivity index (χ2n) is 4.74. The average molecular weight is 317 g/mol. The molecule has 0 atom stereocenters. The standard InChI is InChI=1S/C15H13ClN4O2/c1-9-7-11(10(2)22-9)15(21)19-17-8-12-14(16)18-13-5-3-4-6-20(12)13/h3-8H,1-2H3,(H,19,21)/b17-8-. The molecule has 0 aliphatic heterocycles. The van der Waals surface area contributed by atoms with E-state index < -0.39 is 0 Å². The van der Waals surface area contributed by atoms with Crippen molar-refractivity contribution in [3.05, 3.63) is 58.4 Å². The van der Waals surface area contributed by atoms with Crippen LogP contribution in [0.25, 0.3) is 5.65 Å². The predicted octanol–water partition coefficient (Wildman–Crippen LogP) is 2.96. The molecule has 0 bridgehead atoms. The molecule has 7 heteroatoms. The van der Waals surface area contributed by atoms with Crippen LogP contribution in [0.15, 0.2) is 40.0 Å². The van der Waals surface area contributed by atoms with E-state index in [4.69, 9.17) is 16.0 Å². The zero-order valence-corrected chi connectivity index (χ0v) is 12.8. The maximum absolute atomic E-state index is 12.0. The molecule has 0 aliphatic carbocycles. The van der Waals surface area contributed by atoms with E-state index >= 15 is 0 Å². The maximum atomic E-state index is 12.0. The van der Waals surface area contributed by atoms with E-state index in [9.17, 15) is 4.79 Å². The van der Waals surface area contributed by atoms with Crippen LogP contribution in [0.5, 0.6) is 0 Å². The van der Waals surface area contributed by atoms with Gasteiger partial charge in [0, 0.05) is 6.20 Å². The normalized spacial score (nSPS) is 11.4. The molecule has 3 rings (SSSR count). The quantitative estimate of drug-likeness (QED) is 0.596. The summed E-state index contributed by atoms with van der Waals surface area (Å²) in [4.78, 5) is 16.2. The maximum Gasteiger partial charge on any atom is 0.274 e. The van der Waals surface area contributed by atoms with Crippen LogP contribution in [0.1, 0.15) is 27.6 Å². The number of carbonyl (C=O) groups excluding carboxylic acids is 1. The van der Waals surface area contributed by atoms with Gasteiger partial charge in [-0.2, -0.15) is 5.10 Å². The van der Waals surface area contributed by atoms with E-state index in [1.165, 1.54) is 6.21 Å². The largest absolute Gasteiger partial charge is 0.466 e. The van der Waals surface area contributed by atoms with Gasteiger partial charge in [0.05, 0.1) is 11.8 Å². The number of hydrazone groups is 1. The zero-order valence-electron chi connectivity index (χ0n) is 12.0. The Balaban J connectivity index is 1.81. The molecule has 1 N–H and O–H groups in total. The Labute approximate surface area is 131 Å². The van der Waals surface area contributed by atoms with Crippen molar-refractivity contribution >= 4 is 29.4 Å². The van der Waals surface area contributed by atoms with E-state index in [-0.39, 0.29) is 5.91 Å². The minimum absolute atomic E-state index is 0.319. The van der Waals surface area contributed by atoms with Gasteiger partial charge < -0.3 is 4.42 Å². The van der Waals surface area contributed by atoms with Gasteiger partial charge >= 0.3 is 0 Å². The van der Waals surface area contributed by atoms with Crippen LogP contribution < -0.4 is 5.43 Å². The van der Waals surface area contributed by atoms with E-state index in [1.54, 1.807) is 24.3 Å². The monoisotopic (exact) mass is 316 g/mol. The van der Waals surface area contributed by atoms with E-state index in [0.29, 0.717) is 33.6 Å². The van der Waals surface area contributed by atoms with Crippen molar-refractivity contribution in [2.45, 2.75) is 13.8 Å². The lowest BCUT2D eigenvalue weighted by atomic mass is 10.2. The number of amides is 1. The second-order valence-corrected chi connectivity index (χ2v) is 5.10. The van der Waals surface area contributed by atoms with Crippen LogP contribution >= 0.6 is 11.6 Å². The highest BCUT2D eigenvalue weighted by Gasteiger charge is 2.13. The van der Waals surface area contributed by atoms with Crippen molar-refractivity contribution in [1.82, 2.24) is 14.8 Å². The Hall–Kier alpha value is -2.60. The topological polar surface area (TPSA) is 71.9 Å². The van der Waals surface area contributed by atoms with Crippen molar-refractivity contribution in [2.75, 3.05) is 0 Å². The molecular weight excluding hydrogens is 304 g/mol. The summed E-state index contributed by atoms with van der Waals surface area (Å²) < 4.78 is 7.10. The summed E-state index contributed by atoms with van der Waals surface area (Å²) in [5.74, 6) is 0.894. The number of hydrogen-bond acceptors (Lipinski definition) is 4. The molecule has 0 spiro atoms. The zero-order chi connectivity index (χ0) is 15.7. The van der Waals surface area contributed by atoms with E-state index in [1.807, 2.05) is 24.4 Å². The van der Waals surface area contributed by atoms with Gasteiger partial charge in [0.15, 0.2) is 5.15 Å². The molecule has 0 aromatic carbocycles. The molecule has 0 saturated carbocycles. The first-order valence-corrected chi connectivity index (χ1v) is 6.97. The molecule has 3 aromatic rings. The Morgan fingerprint density at radius 1 is 1.45 bits per heavy atom. The summed E-state index contributed by atoms with van der Waals surface area (Å²) in [5.41, 5.74) is 4.22. The summed E-state index contributed by atoms with van der Waals surface area (Å²) in [6.07, 6.45) is 3.28. The van der Waals surface area contributed by atoms with Gasteiger partial charge in [0.1, 0.15) is 22.9 Å². The van der Waals surface area contributed by atoms with Gasteiger partial charge in [-0.25, -0.2) is 10.4 Å². The summed E-state index contributed by atoms with van der Waals surface area (Å²) in [6, 6.07) is 7.23. The minimum atomic E-state index is -0.337. The molecule has 6 nitrogen and oxygen atoms in total. The van der Waals surface area contributed by atoms with Gasteiger partial charge in [0.2, 0.25) is 0 Å². The molecule has 0 saturated heterocycles. The fourth-order valence-corrected chi connectivity index (χ4v) is 2.40. The van der Waals surface area contributed by atoms with Crippen LogP contribution in [-0.2, 0) is 0 Å². The van der Waals surface area contributed by atoms with E-state index in [2.05, 4.69) is 15.5 Å². The third kappa shape index (κ3) is 2.60. The highest BCUT2D eigenvalue weighted by atomic mass is 35.5. The summed E-state index contributed by atoms with van der Waals surface area (Å²) in [7, 11) is 0. The van der Waals surface area contributed by atoms with Crippen LogP contribution in [0.4, 0.5) is 0 Å². The van der Waals surface area contributed by atoms with Gasteiger partial charge in [-0.15, -0.1) is 0 Å². The first-order valence-electron chi connectivity index (χ1n) is 6.59. The fourth-order valence-electron chi connectivity index (χ4n) is 2.17. The van der Waals surface area contributed by atoms with Crippen molar-refractivity contribution in [2.24, 2.45) is 5.10 Å². The number of aromatic nitrogens is 2. The third-order valence-electron chi connectivity index (χ3n) is 3.16. The molecule has 0 radical (unpaired) electrons. The number of nitrogens with one attached hydrogen (secondary N) is 1. The molecule has 22 heavy (non-hydrogen) atoms. The van der Waals surface area contributed by atoms with Crippen LogP contribution in [-0.4, -0.2) is 21.5 Å². The average Bonchev–Trinajstić information content (AvgIpc) is 2.98. The molecule has 0 unspecified atom stereocenters. The van der Waals surface area contributed by atoms with Crippen molar-refractivity contribution in [1.29, 1.82) is 0 Å². The van der Waals surface area contributed by atoms with Gasteiger partial charge in [0.25, 0.3) is 5.91 Å². The number of hydrogen-bond donors (Lipinski definition) is 1. The van der Waals surface area contributed by atoms with Crippen LogP contribution in [0, 0.1) is 13.8 Å². The smallest absolute Gasteiger partial charge is 0.274 e. The van der Waals surface area contributed by atoms with Gasteiger partial charge in [-0.1, -0.05) is 17.7 Å². The van der Waals surface area contributed by atoms with Crippen LogP contribution in [0.2, 0.25) is 5.15 Å². The van der Waals surface area contributed by atoms with Gasteiger partial charge in [-0.05, 0) is 32.0 Å². The highest BCUT2D eigenvalue weighted by molar-refractivity contribution is 6.32. The van der Waals surface area contributed by atoms with E-state index in [0.717, 1.165) is 0 Å². The van der Waals surface area contributed by atoms with Gasteiger partial charge in [-0.3, -0.25) is 9.20 Å². The molecule has 0 fully saturated rings. The Bertz CT molecular complexity index is 879. The fraction of sp³-hybridized carbons (Fsp3) is 0.133. The van der Waals surface area contributed by atoms with Crippen LogP contribution in [0.3, 0.4) is 0 Å². The third-order valence-corrected chi connectivity index (χ3v) is 3.44. The molecule has 1 amide bonds. The number of rotatable bonds is 3. The highest BCUT2D eigenvalue weighted by Crippen LogP contribution is 2.16. The minimum Gasteiger partial charge on any atom is -0.466 e. The van der Waals surface area contributed by atoms with Crippen molar-refractivity contribution < 1.29 is 9.21 Å². The summed E-state index contributed by atoms with van der Waals surface area (Å²) in [6.45, 7) is 3.51. The number of aryl methyl sites for hydroxylation is 2. The Morgan fingerprint density at radius 2 is 2.27 bits per heavy atom. The number of carbonyl (C=O) groups is 1. The molecule has 3 heterocycles.